The van der Waals surface area contributed by atoms with Crippen LogP contribution in [0.2, 0.25) is 5.02 Å². The van der Waals surface area contributed by atoms with Crippen LogP contribution >= 0.6 is 11.6 Å². The third-order valence-corrected chi connectivity index (χ3v) is 7.65. The Morgan fingerprint density at radius 1 is 1.07 bits per heavy atom. The molecule has 1 unspecified atom stereocenters. The molecule has 1 saturated heterocycles. The monoisotopic (exact) mass is 597 g/mol. The van der Waals surface area contributed by atoms with E-state index in [9.17, 15) is 27.9 Å². The number of nitrogens with zero attached hydrogens (tertiary/aromatic N) is 2. The maximum Gasteiger partial charge on any atom is 0.430 e. The van der Waals surface area contributed by atoms with E-state index < -0.39 is 23.2 Å². The van der Waals surface area contributed by atoms with Crippen LogP contribution in [-0.4, -0.2) is 79.8 Å². The molecular formula is C30H39ClF3N3O4. The number of aliphatic hydroxyl groups is 1. The van der Waals surface area contributed by atoms with Gasteiger partial charge in [-0.15, -0.1) is 0 Å². The number of piperidine rings is 1. The number of benzene rings is 2. The van der Waals surface area contributed by atoms with Crippen LogP contribution in [0.1, 0.15) is 54.4 Å². The van der Waals surface area contributed by atoms with Gasteiger partial charge >= 0.3 is 6.18 Å². The molecule has 3 rings (SSSR count). The zero-order valence-electron chi connectivity index (χ0n) is 23.6. The van der Waals surface area contributed by atoms with Gasteiger partial charge in [0.25, 0.3) is 17.4 Å². The number of alkyl halides is 3. The van der Waals surface area contributed by atoms with Crippen LogP contribution < -0.4 is 10.1 Å². The topological polar surface area (TPSA) is 82.1 Å². The highest BCUT2D eigenvalue weighted by molar-refractivity contribution is 6.34. The molecule has 1 heterocycles. The summed E-state index contributed by atoms with van der Waals surface area (Å²) in [6.07, 6.45) is -0.660. The Morgan fingerprint density at radius 2 is 1.76 bits per heavy atom. The first-order chi connectivity index (χ1) is 19.4. The average Bonchev–Trinajstić information content (AvgIpc) is 2.94. The molecule has 0 aromatic heterocycles. The molecule has 0 saturated carbocycles. The van der Waals surface area contributed by atoms with E-state index in [4.69, 9.17) is 16.3 Å². The van der Waals surface area contributed by atoms with Gasteiger partial charge in [-0.3, -0.25) is 9.59 Å². The van der Waals surface area contributed by atoms with Crippen molar-refractivity contribution >= 4 is 23.4 Å². The number of carbonyl (C=O) groups is 2. The largest absolute Gasteiger partial charge is 0.494 e. The van der Waals surface area contributed by atoms with Crippen LogP contribution in [0.15, 0.2) is 48.5 Å². The Hall–Kier alpha value is -2.82. The summed E-state index contributed by atoms with van der Waals surface area (Å²) in [7, 11) is 3.95. The lowest BCUT2D eigenvalue weighted by Crippen LogP contribution is -2.57. The lowest BCUT2D eigenvalue weighted by Gasteiger charge is -2.38. The first kappa shape index (κ1) is 32.7. The molecule has 2 aromatic carbocycles. The van der Waals surface area contributed by atoms with Crippen LogP contribution in [0.5, 0.6) is 5.75 Å². The van der Waals surface area contributed by atoms with Gasteiger partial charge < -0.3 is 25.0 Å². The highest BCUT2D eigenvalue weighted by Crippen LogP contribution is 2.41. The van der Waals surface area contributed by atoms with Crippen molar-refractivity contribution in [2.24, 2.45) is 5.92 Å². The molecule has 0 spiro atoms. The molecule has 2 amide bonds. The first-order valence-corrected chi connectivity index (χ1v) is 14.3. The smallest absolute Gasteiger partial charge is 0.430 e. The molecule has 0 radical (unpaired) electrons. The van der Waals surface area contributed by atoms with E-state index in [1.165, 1.54) is 18.2 Å². The molecule has 1 aliphatic rings. The molecule has 1 atom stereocenters. The van der Waals surface area contributed by atoms with Gasteiger partial charge in [0, 0.05) is 25.2 Å². The Kier molecular flexibility index (Phi) is 11.9. The Labute approximate surface area is 244 Å². The number of likely N-dealkylation sites (tertiary alicyclic amines) is 1. The first-order valence-electron chi connectivity index (χ1n) is 13.9. The number of amides is 2. The lowest BCUT2D eigenvalue weighted by atomic mass is 9.88. The summed E-state index contributed by atoms with van der Waals surface area (Å²) < 4.78 is 47.4. The Balaban J connectivity index is 1.39. The van der Waals surface area contributed by atoms with Crippen molar-refractivity contribution in [3.8, 4) is 5.75 Å². The minimum absolute atomic E-state index is 0.166. The maximum atomic E-state index is 13.9. The van der Waals surface area contributed by atoms with E-state index in [0.29, 0.717) is 42.3 Å². The van der Waals surface area contributed by atoms with Crippen LogP contribution in [-0.2, 0) is 10.4 Å². The summed E-state index contributed by atoms with van der Waals surface area (Å²) in [5, 5.41) is 13.7. The zero-order chi connectivity index (χ0) is 30.0. The molecule has 11 heteroatoms. The van der Waals surface area contributed by atoms with Crippen molar-refractivity contribution in [1.29, 1.82) is 0 Å². The SMILES string of the molecule is CN(C)CCCNC(=O)c1ccc(OCCCCC2CCN(C(=O)C(O)(c3ccccc3)C(F)(F)F)CC2)cc1Cl. The van der Waals surface area contributed by atoms with Gasteiger partial charge in [-0.05, 0) is 76.9 Å². The Bertz CT molecular complexity index is 1140. The highest BCUT2D eigenvalue weighted by Gasteiger charge is 2.62. The van der Waals surface area contributed by atoms with Gasteiger partial charge in [0.05, 0.1) is 17.2 Å². The van der Waals surface area contributed by atoms with E-state index >= 15 is 0 Å². The fourth-order valence-electron chi connectivity index (χ4n) is 4.93. The predicted octanol–water partition coefficient (Wildman–Crippen LogP) is 5.26. The third-order valence-electron chi connectivity index (χ3n) is 7.34. The van der Waals surface area contributed by atoms with Gasteiger partial charge in [0.1, 0.15) is 5.75 Å². The molecule has 0 aliphatic carbocycles. The van der Waals surface area contributed by atoms with Crippen LogP contribution in [0.25, 0.3) is 0 Å². The normalized spacial score (nSPS) is 16.0. The van der Waals surface area contributed by atoms with E-state index in [1.54, 1.807) is 18.2 Å². The maximum absolute atomic E-state index is 13.9. The van der Waals surface area contributed by atoms with Crippen LogP contribution in [0.4, 0.5) is 13.2 Å². The highest BCUT2D eigenvalue weighted by atomic mass is 35.5. The van der Waals surface area contributed by atoms with Crippen molar-refractivity contribution in [2.45, 2.75) is 50.3 Å². The number of nitrogens with one attached hydrogen (secondary N) is 1. The summed E-state index contributed by atoms with van der Waals surface area (Å²) in [5.74, 6) is -0.702. The third kappa shape index (κ3) is 8.83. The molecule has 7 nitrogen and oxygen atoms in total. The second-order valence-electron chi connectivity index (χ2n) is 10.7. The Morgan fingerprint density at radius 3 is 2.37 bits per heavy atom. The minimum atomic E-state index is -5.13. The zero-order valence-corrected chi connectivity index (χ0v) is 24.3. The van der Waals surface area contributed by atoms with Crippen LogP contribution in [0, 0.1) is 5.92 Å². The number of hydrogen-bond donors (Lipinski definition) is 2. The number of ether oxygens (including phenoxy) is 1. The van der Waals surface area contributed by atoms with Crippen LogP contribution in [0.3, 0.4) is 0 Å². The van der Waals surface area contributed by atoms with Crippen molar-refractivity contribution in [2.75, 3.05) is 46.9 Å². The second-order valence-corrected chi connectivity index (χ2v) is 11.1. The average molecular weight is 598 g/mol. The van der Waals surface area contributed by atoms with Gasteiger partial charge in [-0.2, -0.15) is 13.2 Å². The molecule has 226 valence electrons. The molecule has 1 aliphatic heterocycles. The van der Waals surface area contributed by atoms with Gasteiger partial charge in [0.2, 0.25) is 0 Å². The standard InChI is InChI=1S/C30H39ClF3N3O4/c1-36(2)17-8-16-35-27(38)25-13-12-24(21-26(25)31)41-20-7-6-9-22-14-18-37(19-15-22)28(39)29(40,30(32,33)34)23-10-4-3-5-11-23/h3-5,10-13,21-22,40H,6-9,14-20H2,1-2H3,(H,35,38). The molecule has 0 bridgehead atoms. The van der Waals surface area contributed by atoms with E-state index in [2.05, 4.69) is 5.32 Å². The minimum Gasteiger partial charge on any atom is -0.494 e. The summed E-state index contributed by atoms with van der Waals surface area (Å²) in [4.78, 5) is 28.4. The molecule has 41 heavy (non-hydrogen) atoms. The quantitative estimate of drug-likeness (QED) is 0.308. The fraction of sp³-hybridized carbons (Fsp3) is 0.533. The lowest BCUT2D eigenvalue weighted by molar-refractivity contribution is -0.262. The van der Waals surface area contributed by atoms with Crippen molar-refractivity contribution in [3.05, 3.63) is 64.7 Å². The summed E-state index contributed by atoms with van der Waals surface area (Å²) in [6.45, 7) is 2.23. The molecule has 1 fully saturated rings. The predicted molar refractivity (Wildman–Crippen MR) is 152 cm³/mol. The second kappa shape index (κ2) is 14.9. The van der Waals surface area contributed by atoms with Gasteiger partial charge in [0.15, 0.2) is 0 Å². The summed E-state index contributed by atoms with van der Waals surface area (Å²) in [5.41, 5.74) is -3.64. The number of carbonyl (C=O) groups excluding carboxylic acids is 2. The molecular weight excluding hydrogens is 559 g/mol. The number of hydrogen-bond acceptors (Lipinski definition) is 5. The fourth-order valence-corrected chi connectivity index (χ4v) is 5.18. The van der Waals surface area contributed by atoms with Gasteiger partial charge in [-0.1, -0.05) is 48.4 Å². The number of rotatable bonds is 13. The summed E-state index contributed by atoms with van der Waals surface area (Å²) in [6, 6.07) is 11.5. The van der Waals surface area contributed by atoms with E-state index in [-0.39, 0.29) is 24.9 Å². The molecule has 2 aromatic rings. The van der Waals surface area contributed by atoms with Crippen molar-refractivity contribution in [3.63, 3.8) is 0 Å². The number of halogens is 4. The summed E-state index contributed by atoms with van der Waals surface area (Å²) >= 11 is 6.30. The number of unbranched alkanes of at least 4 members (excludes halogenated alkanes) is 1. The van der Waals surface area contributed by atoms with Crippen molar-refractivity contribution < 1.29 is 32.6 Å². The van der Waals surface area contributed by atoms with E-state index in [1.807, 2.05) is 19.0 Å². The molecule has 2 N–H and O–H groups in total. The van der Waals surface area contributed by atoms with E-state index in [0.717, 1.165) is 49.3 Å². The van der Waals surface area contributed by atoms with Crippen molar-refractivity contribution in [1.82, 2.24) is 15.1 Å². The van der Waals surface area contributed by atoms with Gasteiger partial charge in [-0.25, -0.2) is 0 Å².